The number of fused-ring (bicyclic) bond motifs is 1. The molecule has 1 aliphatic rings. The molecular formula is C9H10N2O. The highest BCUT2D eigenvalue weighted by molar-refractivity contribution is 5.34. The predicted molar refractivity (Wildman–Crippen MR) is 46.5 cm³/mol. The van der Waals surface area contributed by atoms with Gasteiger partial charge >= 0.3 is 0 Å². The highest BCUT2D eigenvalue weighted by atomic mass is 16.3. The largest absolute Gasteiger partial charge is 0.309 e. The summed E-state index contributed by atoms with van der Waals surface area (Å²) in [5, 5.41) is 6.11. The topological polar surface area (TPSA) is 41.5 Å². The number of nitrogens with one attached hydrogen (secondary N) is 1. The van der Waals surface area contributed by atoms with Crippen molar-refractivity contribution in [3.8, 4) is 0 Å². The summed E-state index contributed by atoms with van der Waals surface area (Å²) in [7, 11) is 0. The van der Waals surface area contributed by atoms with Gasteiger partial charge in [0.05, 0.1) is 0 Å². The van der Waals surface area contributed by atoms with E-state index in [0.717, 1.165) is 18.7 Å². The van der Waals surface area contributed by atoms with Crippen molar-refractivity contribution in [3.63, 3.8) is 0 Å². The molecule has 12 heavy (non-hydrogen) atoms. The van der Waals surface area contributed by atoms with Gasteiger partial charge in [0, 0.05) is 13.1 Å². The van der Waals surface area contributed by atoms with Gasteiger partial charge in [-0.3, -0.25) is 0 Å². The van der Waals surface area contributed by atoms with Gasteiger partial charge in [-0.2, -0.15) is 4.91 Å². The van der Waals surface area contributed by atoms with Crippen LogP contribution in [0.15, 0.2) is 23.4 Å². The van der Waals surface area contributed by atoms with E-state index in [1.165, 1.54) is 11.1 Å². The molecular weight excluding hydrogens is 152 g/mol. The van der Waals surface area contributed by atoms with Crippen molar-refractivity contribution >= 4 is 0 Å². The average Bonchev–Trinajstić information content (AvgIpc) is 2.51. The number of nitroso groups, excluding NO2 is 1. The molecule has 0 radical (unpaired) electrons. The quantitative estimate of drug-likeness (QED) is 0.670. The molecule has 2 rings (SSSR count). The molecule has 0 spiro atoms. The van der Waals surface area contributed by atoms with E-state index in [9.17, 15) is 4.91 Å². The molecule has 3 heteroatoms. The lowest BCUT2D eigenvalue weighted by molar-refractivity contribution is 0.764. The Morgan fingerprint density at radius 2 is 2.17 bits per heavy atom. The van der Waals surface area contributed by atoms with Gasteiger partial charge in [-0.15, -0.1) is 0 Å². The SMILES string of the molecule is O=NCc1ccc2c(c1)CNC2. The number of benzene rings is 1. The molecule has 1 aromatic rings. The predicted octanol–water partition coefficient (Wildman–Crippen LogP) is 1.56. The first-order valence-corrected chi connectivity index (χ1v) is 4.00. The van der Waals surface area contributed by atoms with Crippen LogP contribution in [0.3, 0.4) is 0 Å². The summed E-state index contributed by atoms with van der Waals surface area (Å²) in [5.74, 6) is 0. The van der Waals surface area contributed by atoms with E-state index in [-0.39, 0.29) is 6.54 Å². The van der Waals surface area contributed by atoms with Gasteiger partial charge in [-0.1, -0.05) is 23.4 Å². The molecule has 0 bridgehead atoms. The Balaban J connectivity index is 2.32. The summed E-state index contributed by atoms with van der Waals surface area (Å²) in [6.07, 6.45) is 0. The summed E-state index contributed by atoms with van der Waals surface area (Å²) in [6.45, 7) is 2.15. The monoisotopic (exact) mass is 162 g/mol. The van der Waals surface area contributed by atoms with Gasteiger partial charge in [0.2, 0.25) is 0 Å². The van der Waals surface area contributed by atoms with Crippen LogP contribution in [0.1, 0.15) is 16.7 Å². The van der Waals surface area contributed by atoms with Crippen LogP contribution in [0.25, 0.3) is 0 Å². The molecule has 0 aromatic heterocycles. The maximum Gasteiger partial charge on any atom is 0.106 e. The van der Waals surface area contributed by atoms with Gasteiger partial charge in [-0.25, -0.2) is 0 Å². The Morgan fingerprint density at radius 3 is 3.00 bits per heavy atom. The Kier molecular flexibility index (Phi) is 1.87. The molecule has 0 saturated heterocycles. The maximum absolute atomic E-state index is 10.0. The van der Waals surface area contributed by atoms with E-state index in [2.05, 4.69) is 22.6 Å². The first-order valence-electron chi connectivity index (χ1n) is 4.00. The zero-order valence-corrected chi connectivity index (χ0v) is 6.71. The average molecular weight is 162 g/mol. The first kappa shape index (κ1) is 7.43. The summed E-state index contributed by atoms with van der Waals surface area (Å²) in [4.78, 5) is 10.0. The molecule has 62 valence electrons. The second-order valence-corrected chi connectivity index (χ2v) is 2.99. The van der Waals surface area contributed by atoms with Crippen molar-refractivity contribution in [2.75, 3.05) is 0 Å². The second-order valence-electron chi connectivity index (χ2n) is 2.99. The molecule has 0 fully saturated rings. The molecule has 0 aliphatic carbocycles. The molecule has 1 aromatic carbocycles. The van der Waals surface area contributed by atoms with E-state index in [4.69, 9.17) is 0 Å². The Hall–Kier alpha value is -1.22. The van der Waals surface area contributed by atoms with Gasteiger partial charge in [0.1, 0.15) is 6.54 Å². The van der Waals surface area contributed by atoms with Crippen molar-refractivity contribution in [1.82, 2.24) is 5.32 Å². The smallest absolute Gasteiger partial charge is 0.106 e. The Labute approximate surface area is 70.8 Å². The highest BCUT2D eigenvalue weighted by Gasteiger charge is 2.09. The van der Waals surface area contributed by atoms with Crippen LogP contribution in [0.5, 0.6) is 0 Å². The van der Waals surface area contributed by atoms with Crippen LogP contribution in [-0.2, 0) is 19.6 Å². The van der Waals surface area contributed by atoms with Gasteiger partial charge in [-0.05, 0) is 16.7 Å². The Bertz CT molecular complexity index is 309. The fourth-order valence-electron chi connectivity index (χ4n) is 1.52. The van der Waals surface area contributed by atoms with Crippen molar-refractivity contribution in [1.29, 1.82) is 0 Å². The van der Waals surface area contributed by atoms with Crippen molar-refractivity contribution in [2.45, 2.75) is 19.6 Å². The first-order chi connectivity index (χ1) is 5.90. The summed E-state index contributed by atoms with van der Waals surface area (Å²) in [5.41, 5.74) is 3.65. The molecule has 1 heterocycles. The van der Waals surface area contributed by atoms with Crippen molar-refractivity contribution in [3.05, 3.63) is 39.8 Å². The van der Waals surface area contributed by atoms with E-state index >= 15 is 0 Å². The lowest BCUT2D eigenvalue weighted by Gasteiger charge is -1.99. The fraction of sp³-hybridized carbons (Fsp3) is 0.333. The van der Waals surface area contributed by atoms with Crippen molar-refractivity contribution < 1.29 is 0 Å². The maximum atomic E-state index is 10.0. The number of hydrogen-bond donors (Lipinski definition) is 1. The van der Waals surface area contributed by atoms with Crippen LogP contribution >= 0.6 is 0 Å². The standard InChI is InChI=1S/C9H10N2O/c12-11-4-7-1-2-8-5-10-6-9(8)3-7/h1-3,10H,4-6H2. The number of hydrogen-bond acceptors (Lipinski definition) is 3. The number of nitrogens with zero attached hydrogens (tertiary/aromatic N) is 1. The highest BCUT2D eigenvalue weighted by Crippen LogP contribution is 2.17. The zero-order chi connectivity index (χ0) is 8.39. The molecule has 1 N–H and O–H groups in total. The van der Waals surface area contributed by atoms with E-state index < -0.39 is 0 Å². The minimum absolute atomic E-state index is 0.285. The molecule has 1 aliphatic heterocycles. The number of rotatable bonds is 2. The molecule has 0 saturated carbocycles. The zero-order valence-electron chi connectivity index (χ0n) is 6.71. The van der Waals surface area contributed by atoms with Gasteiger partial charge in [0.15, 0.2) is 0 Å². The molecule has 0 unspecified atom stereocenters. The molecule has 3 nitrogen and oxygen atoms in total. The molecule has 0 atom stereocenters. The van der Waals surface area contributed by atoms with Crippen LogP contribution in [0, 0.1) is 4.91 Å². The second kappa shape index (κ2) is 3.03. The van der Waals surface area contributed by atoms with Gasteiger partial charge < -0.3 is 5.32 Å². The van der Waals surface area contributed by atoms with E-state index in [1.807, 2.05) is 6.07 Å². The van der Waals surface area contributed by atoms with Crippen LogP contribution < -0.4 is 5.32 Å². The van der Waals surface area contributed by atoms with Crippen molar-refractivity contribution in [2.24, 2.45) is 5.18 Å². The fourth-order valence-corrected chi connectivity index (χ4v) is 1.52. The summed E-state index contributed by atoms with van der Waals surface area (Å²) < 4.78 is 0. The third-order valence-electron chi connectivity index (χ3n) is 2.15. The normalized spacial score (nSPS) is 14.3. The third kappa shape index (κ3) is 1.23. The van der Waals surface area contributed by atoms with E-state index in [1.54, 1.807) is 0 Å². The summed E-state index contributed by atoms with van der Waals surface area (Å²) >= 11 is 0. The molecule has 0 amide bonds. The lowest BCUT2D eigenvalue weighted by atomic mass is 10.1. The van der Waals surface area contributed by atoms with Gasteiger partial charge in [0.25, 0.3) is 0 Å². The summed E-state index contributed by atoms with van der Waals surface area (Å²) in [6, 6.07) is 6.08. The van der Waals surface area contributed by atoms with Crippen LogP contribution in [-0.4, -0.2) is 0 Å². The third-order valence-corrected chi connectivity index (χ3v) is 2.15. The van der Waals surface area contributed by atoms with E-state index in [0.29, 0.717) is 0 Å². The van der Waals surface area contributed by atoms with Crippen LogP contribution in [0.4, 0.5) is 0 Å². The Morgan fingerprint density at radius 1 is 1.33 bits per heavy atom. The lowest BCUT2D eigenvalue weighted by Crippen LogP contribution is -1.99. The minimum atomic E-state index is 0.285. The minimum Gasteiger partial charge on any atom is -0.309 e. The van der Waals surface area contributed by atoms with Crippen LogP contribution in [0.2, 0.25) is 0 Å².